The van der Waals surface area contributed by atoms with Crippen LogP contribution in [-0.2, 0) is 17.6 Å². The Morgan fingerprint density at radius 3 is 2.64 bits per heavy atom. The molecule has 1 N–H and O–H groups in total. The number of aromatic nitrogens is 2. The summed E-state index contributed by atoms with van der Waals surface area (Å²) in [6.07, 6.45) is 5.39. The highest BCUT2D eigenvalue weighted by Gasteiger charge is 2.10. The van der Waals surface area contributed by atoms with Gasteiger partial charge in [0, 0.05) is 12.8 Å². The van der Waals surface area contributed by atoms with E-state index in [2.05, 4.69) is 22.4 Å². The molecular formula is C18H25N3O3S. The van der Waals surface area contributed by atoms with E-state index in [1.165, 1.54) is 24.2 Å². The van der Waals surface area contributed by atoms with Gasteiger partial charge in [-0.1, -0.05) is 37.2 Å². The second-order valence-electron chi connectivity index (χ2n) is 5.70. The van der Waals surface area contributed by atoms with Crippen molar-refractivity contribution in [2.45, 2.75) is 45.4 Å². The molecule has 2 rings (SSSR count). The van der Waals surface area contributed by atoms with E-state index in [-0.39, 0.29) is 5.91 Å². The third-order valence-corrected chi connectivity index (χ3v) is 4.69. The Balaban J connectivity index is 1.82. The molecule has 2 aromatic rings. The monoisotopic (exact) mass is 363 g/mol. The first-order chi connectivity index (χ1) is 12.2. The molecule has 1 aromatic carbocycles. The van der Waals surface area contributed by atoms with E-state index < -0.39 is 0 Å². The van der Waals surface area contributed by atoms with Gasteiger partial charge in [0.15, 0.2) is 11.5 Å². The van der Waals surface area contributed by atoms with Crippen LogP contribution in [0.5, 0.6) is 11.5 Å². The molecule has 7 heteroatoms. The lowest BCUT2D eigenvalue weighted by molar-refractivity contribution is -0.116. The van der Waals surface area contributed by atoms with Gasteiger partial charge in [0.1, 0.15) is 5.01 Å². The van der Waals surface area contributed by atoms with Gasteiger partial charge in [0.05, 0.1) is 14.2 Å². The zero-order valence-electron chi connectivity index (χ0n) is 15.0. The van der Waals surface area contributed by atoms with Crippen molar-refractivity contribution in [3.8, 4) is 11.5 Å². The van der Waals surface area contributed by atoms with Gasteiger partial charge >= 0.3 is 0 Å². The number of rotatable bonds is 10. The summed E-state index contributed by atoms with van der Waals surface area (Å²) < 4.78 is 10.5. The molecule has 1 heterocycles. The average molecular weight is 363 g/mol. The summed E-state index contributed by atoms with van der Waals surface area (Å²) in [5.74, 6) is 1.28. The predicted molar refractivity (Wildman–Crippen MR) is 99.6 cm³/mol. The number of methoxy groups -OCH3 is 2. The van der Waals surface area contributed by atoms with Gasteiger partial charge in [-0.3, -0.25) is 4.79 Å². The molecule has 0 spiro atoms. The van der Waals surface area contributed by atoms with E-state index in [9.17, 15) is 4.79 Å². The summed E-state index contributed by atoms with van der Waals surface area (Å²) in [4.78, 5) is 12.1. The number of hydrogen-bond donors (Lipinski definition) is 1. The summed E-state index contributed by atoms with van der Waals surface area (Å²) in [7, 11) is 3.20. The minimum Gasteiger partial charge on any atom is -0.493 e. The smallest absolute Gasteiger partial charge is 0.226 e. The number of nitrogens with one attached hydrogen (secondary N) is 1. The Labute approximate surface area is 152 Å². The normalized spacial score (nSPS) is 10.5. The molecule has 0 aliphatic carbocycles. The number of unbranched alkanes of at least 4 members (excludes halogenated alkanes) is 2. The number of benzene rings is 1. The molecule has 0 unspecified atom stereocenters. The second-order valence-corrected chi connectivity index (χ2v) is 6.76. The van der Waals surface area contributed by atoms with Crippen molar-refractivity contribution in [3.05, 3.63) is 28.8 Å². The maximum atomic E-state index is 12.1. The Bertz CT molecular complexity index is 688. The van der Waals surface area contributed by atoms with Crippen molar-refractivity contribution in [2.75, 3.05) is 19.5 Å². The maximum Gasteiger partial charge on any atom is 0.226 e. The fraction of sp³-hybridized carbons (Fsp3) is 0.500. The van der Waals surface area contributed by atoms with Crippen LogP contribution in [0.3, 0.4) is 0 Å². The fourth-order valence-electron chi connectivity index (χ4n) is 2.41. The van der Waals surface area contributed by atoms with Gasteiger partial charge in [-0.25, -0.2) is 0 Å². The zero-order valence-corrected chi connectivity index (χ0v) is 15.8. The van der Waals surface area contributed by atoms with Crippen LogP contribution in [0.4, 0.5) is 5.13 Å². The topological polar surface area (TPSA) is 73.3 Å². The van der Waals surface area contributed by atoms with Gasteiger partial charge in [-0.2, -0.15) is 0 Å². The van der Waals surface area contributed by atoms with Crippen LogP contribution in [0, 0.1) is 0 Å². The van der Waals surface area contributed by atoms with E-state index in [1.807, 2.05) is 18.2 Å². The highest BCUT2D eigenvalue weighted by atomic mass is 32.1. The van der Waals surface area contributed by atoms with Crippen LogP contribution in [0.25, 0.3) is 0 Å². The van der Waals surface area contributed by atoms with Gasteiger partial charge in [0.25, 0.3) is 0 Å². The quantitative estimate of drug-likeness (QED) is 0.649. The molecule has 0 saturated carbocycles. The van der Waals surface area contributed by atoms with Crippen molar-refractivity contribution < 1.29 is 14.3 Å². The van der Waals surface area contributed by atoms with Crippen LogP contribution < -0.4 is 14.8 Å². The number of carbonyl (C=O) groups is 1. The van der Waals surface area contributed by atoms with Gasteiger partial charge in [0.2, 0.25) is 11.0 Å². The van der Waals surface area contributed by atoms with Crippen molar-refractivity contribution in [1.82, 2.24) is 10.2 Å². The van der Waals surface area contributed by atoms with Crippen molar-refractivity contribution in [2.24, 2.45) is 0 Å². The molecule has 25 heavy (non-hydrogen) atoms. The first-order valence-electron chi connectivity index (χ1n) is 8.49. The van der Waals surface area contributed by atoms with E-state index in [0.29, 0.717) is 29.5 Å². The van der Waals surface area contributed by atoms with E-state index in [4.69, 9.17) is 9.47 Å². The van der Waals surface area contributed by atoms with E-state index >= 15 is 0 Å². The first kappa shape index (κ1) is 19.2. The largest absolute Gasteiger partial charge is 0.493 e. The Kier molecular flexibility index (Phi) is 7.66. The van der Waals surface area contributed by atoms with E-state index in [1.54, 1.807) is 14.2 Å². The Morgan fingerprint density at radius 1 is 1.12 bits per heavy atom. The van der Waals surface area contributed by atoms with Crippen LogP contribution in [-0.4, -0.2) is 30.3 Å². The molecule has 0 atom stereocenters. The summed E-state index contributed by atoms with van der Waals surface area (Å²) in [5.41, 5.74) is 1.02. The van der Waals surface area contributed by atoms with Crippen molar-refractivity contribution in [3.63, 3.8) is 0 Å². The molecular weight excluding hydrogens is 338 g/mol. The second kappa shape index (κ2) is 9.98. The number of hydrogen-bond acceptors (Lipinski definition) is 6. The van der Waals surface area contributed by atoms with Crippen LogP contribution in [0.2, 0.25) is 0 Å². The molecule has 0 radical (unpaired) electrons. The lowest BCUT2D eigenvalue weighted by Crippen LogP contribution is -2.12. The summed E-state index contributed by atoms with van der Waals surface area (Å²) in [5, 5.41) is 12.5. The predicted octanol–water partition coefficient (Wildman–Crippen LogP) is 3.86. The molecule has 0 aliphatic rings. The number of aryl methyl sites for hydroxylation is 2. The molecule has 1 amide bonds. The van der Waals surface area contributed by atoms with Crippen LogP contribution >= 0.6 is 11.3 Å². The standard InChI is InChI=1S/C18H25N3O3S/c1-4-5-6-7-17-20-21-18(25-17)19-16(22)11-9-13-8-10-14(23-2)15(12-13)24-3/h8,10,12H,4-7,9,11H2,1-3H3,(H,19,21,22). The summed E-state index contributed by atoms with van der Waals surface area (Å²) >= 11 is 1.45. The highest BCUT2D eigenvalue weighted by Crippen LogP contribution is 2.28. The third-order valence-electron chi connectivity index (χ3n) is 3.80. The maximum absolute atomic E-state index is 12.1. The highest BCUT2D eigenvalue weighted by molar-refractivity contribution is 7.15. The van der Waals surface area contributed by atoms with E-state index in [0.717, 1.165) is 23.4 Å². The van der Waals surface area contributed by atoms with Gasteiger partial charge < -0.3 is 14.8 Å². The average Bonchev–Trinajstić information content (AvgIpc) is 3.07. The molecule has 6 nitrogen and oxygen atoms in total. The molecule has 0 saturated heterocycles. The van der Waals surface area contributed by atoms with Crippen molar-refractivity contribution in [1.29, 1.82) is 0 Å². The van der Waals surface area contributed by atoms with Crippen LogP contribution in [0.1, 0.15) is 43.2 Å². The number of anilines is 1. The Hall–Kier alpha value is -2.15. The first-order valence-corrected chi connectivity index (χ1v) is 9.31. The lowest BCUT2D eigenvalue weighted by atomic mass is 10.1. The molecule has 0 aliphatic heterocycles. The summed E-state index contributed by atoms with van der Waals surface area (Å²) in [6, 6.07) is 5.67. The minimum atomic E-state index is -0.0638. The minimum absolute atomic E-state index is 0.0638. The molecule has 0 fully saturated rings. The molecule has 136 valence electrons. The van der Waals surface area contributed by atoms with Gasteiger partial charge in [-0.05, 0) is 30.5 Å². The third kappa shape index (κ3) is 6.01. The SMILES string of the molecule is CCCCCc1nnc(NC(=O)CCc2ccc(OC)c(OC)c2)s1. The number of amides is 1. The fourth-order valence-corrected chi connectivity index (χ4v) is 3.20. The molecule has 0 bridgehead atoms. The molecule has 1 aromatic heterocycles. The van der Waals surface area contributed by atoms with Gasteiger partial charge in [-0.15, -0.1) is 10.2 Å². The summed E-state index contributed by atoms with van der Waals surface area (Å²) in [6.45, 7) is 2.17. The number of nitrogens with zero attached hydrogens (tertiary/aromatic N) is 2. The number of carbonyl (C=O) groups excluding carboxylic acids is 1. The lowest BCUT2D eigenvalue weighted by Gasteiger charge is -2.09. The zero-order chi connectivity index (χ0) is 18.1. The van der Waals surface area contributed by atoms with Crippen LogP contribution in [0.15, 0.2) is 18.2 Å². The number of ether oxygens (including phenoxy) is 2. The van der Waals surface area contributed by atoms with Crippen molar-refractivity contribution >= 4 is 22.4 Å². The Morgan fingerprint density at radius 2 is 1.92 bits per heavy atom.